The molecule has 1 spiro atoms. The predicted octanol–water partition coefficient (Wildman–Crippen LogP) is 3.96. The lowest BCUT2D eigenvalue weighted by atomic mass is 9.93. The molecule has 108 valence electrons. The van der Waals surface area contributed by atoms with Crippen molar-refractivity contribution < 1.29 is 9.13 Å². The number of rotatable bonds is 1. The van der Waals surface area contributed by atoms with Crippen molar-refractivity contribution in [2.24, 2.45) is 4.99 Å². The standard InChI is InChI=1S/C14H16BrFN2OS/c1-9-6-10(15)11(16)7-12(9)17-13-18-14(8-20-13)2-4-19-5-3-14/h6-7H,2-5,8H2,1H3,(H,17,18). The zero-order valence-electron chi connectivity index (χ0n) is 11.2. The molecule has 0 amide bonds. The lowest BCUT2D eigenvalue weighted by molar-refractivity contribution is 0.0624. The highest BCUT2D eigenvalue weighted by Crippen LogP contribution is 2.36. The van der Waals surface area contributed by atoms with Gasteiger partial charge in [-0.3, -0.25) is 4.99 Å². The smallest absolute Gasteiger partial charge is 0.161 e. The summed E-state index contributed by atoms with van der Waals surface area (Å²) in [6.45, 7) is 3.52. The summed E-state index contributed by atoms with van der Waals surface area (Å²) in [6, 6.07) is 3.29. The Labute approximate surface area is 130 Å². The maximum Gasteiger partial charge on any atom is 0.161 e. The Bertz CT molecular complexity index is 558. The number of halogens is 2. The molecule has 3 rings (SSSR count). The summed E-state index contributed by atoms with van der Waals surface area (Å²) in [7, 11) is 0. The van der Waals surface area contributed by atoms with Crippen LogP contribution in [-0.4, -0.2) is 29.7 Å². The average molecular weight is 359 g/mol. The van der Waals surface area contributed by atoms with Gasteiger partial charge in [0.15, 0.2) is 5.17 Å². The first-order chi connectivity index (χ1) is 9.58. The van der Waals surface area contributed by atoms with Crippen molar-refractivity contribution in [1.29, 1.82) is 0 Å². The molecule has 0 unspecified atom stereocenters. The second kappa shape index (κ2) is 5.66. The SMILES string of the molecule is Cc1cc(Br)c(F)cc1NC1=NC2(CCOCC2)CS1. The van der Waals surface area contributed by atoms with E-state index in [9.17, 15) is 4.39 Å². The van der Waals surface area contributed by atoms with Gasteiger partial charge in [-0.05, 0) is 53.4 Å². The van der Waals surface area contributed by atoms with Crippen molar-refractivity contribution in [3.05, 3.63) is 28.0 Å². The first kappa shape index (κ1) is 14.4. The molecule has 20 heavy (non-hydrogen) atoms. The molecule has 0 radical (unpaired) electrons. The molecule has 3 nitrogen and oxygen atoms in total. The van der Waals surface area contributed by atoms with Crippen LogP contribution in [0.3, 0.4) is 0 Å². The fraction of sp³-hybridized carbons (Fsp3) is 0.500. The van der Waals surface area contributed by atoms with E-state index in [1.807, 2.05) is 6.92 Å². The third kappa shape index (κ3) is 2.87. The maximum absolute atomic E-state index is 13.6. The Morgan fingerprint density at radius 1 is 1.40 bits per heavy atom. The summed E-state index contributed by atoms with van der Waals surface area (Å²) >= 11 is 4.91. The van der Waals surface area contributed by atoms with E-state index in [0.717, 1.165) is 48.2 Å². The van der Waals surface area contributed by atoms with Crippen LogP contribution < -0.4 is 5.32 Å². The number of nitrogens with one attached hydrogen (secondary N) is 1. The van der Waals surface area contributed by atoms with Gasteiger partial charge in [0.2, 0.25) is 0 Å². The van der Waals surface area contributed by atoms with Gasteiger partial charge in [0.25, 0.3) is 0 Å². The lowest BCUT2D eigenvalue weighted by Gasteiger charge is -2.29. The van der Waals surface area contributed by atoms with Gasteiger partial charge in [-0.2, -0.15) is 0 Å². The number of nitrogens with zero attached hydrogens (tertiary/aromatic N) is 1. The number of amidine groups is 1. The van der Waals surface area contributed by atoms with E-state index in [2.05, 4.69) is 21.2 Å². The largest absolute Gasteiger partial charge is 0.381 e. The van der Waals surface area contributed by atoms with Gasteiger partial charge in [0, 0.05) is 24.7 Å². The molecule has 1 aromatic rings. The molecule has 0 bridgehead atoms. The Balaban J connectivity index is 1.78. The highest BCUT2D eigenvalue weighted by atomic mass is 79.9. The van der Waals surface area contributed by atoms with Gasteiger partial charge in [-0.25, -0.2) is 4.39 Å². The topological polar surface area (TPSA) is 33.6 Å². The van der Waals surface area contributed by atoms with Crippen LogP contribution in [0.4, 0.5) is 10.1 Å². The third-order valence-electron chi connectivity index (χ3n) is 3.75. The van der Waals surface area contributed by atoms with E-state index in [1.54, 1.807) is 17.8 Å². The molecular weight excluding hydrogens is 343 g/mol. The maximum atomic E-state index is 13.6. The Hall–Kier alpha value is -0.590. The van der Waals surface area contributed by atoms with Crippen molar-refractivity contribution >= 4 is 38.5 Å². The van der Waals surface area contributed by atoms with Crippen LogP contribution in [0.15, 0.2) is 21.6 Å². The summed E-state index contributed by atoms with van der Waals surface area (Å²) in [5.41, 5.74) is 1.79. The van der Waals surface area contributed by atoms with Crippen LogP contribution in [0, 0.1) is 12.7 Å². The molecule has 0 saturated carbocycles. The van der Waals surface area contributed by atoms with Gasteiger partial charge < -0.3 is 10.1 Å². The van der Waals surface area contributed by atoms with Gasteiger partial charge in [0.1, 0.15) is 5.82 Å². The number of hydrogen-bond donors (Lipinski definition) is 1. The van der Waals surface area contributed by atoms with Crippen molar-refractivity contribution in [3.63, 3.8) is 0 Å². The fourth-order valence-corrected chi connectivity index (χ4v) is 4.11. The fourth-order valence-electron chi connectivity index (χ4n) is 2.45. The highest BCUT2D eigenvalue weighted by molar-refractivity contribution is 9.10. The molecule has 2 aliphatic heterocycles. The van der Waals surface area contributed by atoms with Crippen LogP contribution >= 0.6 is 27.7 Å². The summed E-state index contributed by atoms with van der Waals surface area (Å²) in [5.74, 6) is 0.721. The summed E-state index contributed by atoms with van der Waals surface area (Å²) in [6.07, 6.45) is 1.94. The molecule has 1 aromatic carbocycles. The molecule has 6 heteroatoms. The summed E-state index contributed by atoms with van der Waals surface area (Å²) in [4.78, 5) is 4.82. The number of anilines is 1. The molecular formula is C14H16BrFN2OS. The quantitative estimate of drug-likeness (QED) is 0.824. The monoisotopic (exact) mass is 358 g/mol. The molecule has 2 heterocycles. The second-order valence-corrected chi connectivity index (χ2v) is 7.07. The zero-order valence-corrected chi connectivity index (χ0v) is 13.6. The molecule has 1 saturated heterocycles. The summed E-state index contributed by atoms with van der Waals surface area (Å²) < 4.78 is 19.5. The third-order valence-corrected chi connectivity index (χ3v) is 5.50. The lowest BCUT2D eigenvalue weighted by Crippen LogP contribution is -2.34. The number of hydrogen-bond acceptors (Lipinski definition) is 4. The van der Waals surface area contributed by atoms with Crippen molar-refractivity contribution in [2.45, 2.75) is 25.3 Å². The Kier molecular flexibility index (Phi) is 4.06. The number of benzene rings is 1. The van der Waals surface area contributed by atoms with Gasteiger partial charge in [-0.15, -0.1) is 0 Å². The van der Waals surface area contributed by atoms with Crippen molar-refractivity contribution in [2.75, 3.05) is 24.3 Å². The number of thioether (sulfide) groups is 1. The van der Waals surface area contributed by atoms with Crippen LogP contribution in [0.2, 0.25) is 0 Å². The van der Waals surface area contributed by atoms with Crippen LogP contribution in [0.25, 0.3) is 0 Å². The Morgan fingerprint density at radius 2 is 2.15 bits per heavy atom. The molecule has 1 fully saturated rings. The summed E-state index contributed by atoms with van der Waals surface area (Å²) in [5, 5.41) is 4.15. The first-order valence-electron chi connectivity index (χ1n) is 6.61. The van der Waals surface area contributed by atoms with E-state index in [4.69, 9.17) is 9.73 Å². The van der Waals surface area contributed by atoms with Gasteiger partial charge in [-0.1, -0.05) is 11.8 Å². The van der Waals surface area contributed by atoms with Crippen molar-refractivity contribution in [1.82, 2.24) is 0 Å². The van der Waals surface area contributed by atoms with E-state index >= 15 is 0 Å². The Morgan fingerprint density at radius 3 is 2.90 bits per heavy atom. The molecule has 1 N–H and O–H groups in total. The van der Waals surface area contributed by atoms with Crippen LogP contribution in [0.5, 0.6) is 0 Å². The van der Waals surface area contributed by atoms with Gasteiger partial charge >= 0.3 is 0 Å². The molecule has 2 aliphatic rings. The number of aryl methyl sites for hydroxylation is 1. The first-order valence-corrected chi connectivity index (χ1v) is 8.39. The van der Waals surface area contributed by atoms with E-state index in [-0.39, 0.29) is 11.4 Å². The van der Waals surface area contributed by atoms with Crippen LogP contribution in [-0.2, 0) is 4.74 Å². The zero-order chi connectivity index (χ0) is 14.2. The minimum absolute atomic E-state index is 0.0209. The molecule has 0 atom stereocenters. The minimum atomic E-state index is -0.262. The van der Waals surface area contributed by atoms with E-state index in [0.29, 0.717) is 4.47 Å². The van der Waals surface area contributed by atoms with Crippen LogP contribution in [0.1, 0.15) is 18.4 Å². The number of aliphatic imine (C=N–C) groups is 1. The minimum Gasteiger partial charge on any atom is -0.381 e. The van der Waals surface area contributed by atoms with E-state index in [1.165, 1.54) is 6.07 Å². The van der Waals surface area contributed by atoms with Crippen molar-refractivity contribution in [3.8, 4) is 0 Å². The van der Waals surface area contributed by atoms with Gasteiger partial charge in [0.05, 0.1) is 10.0 Å². The predicted molar refractivity (Wildman–Crippen MR) is 85.1 cm³/mol. The number of ether oxygens (including phenoxy) is 1. The second-order valence-electron chi connectivity index (χ2n) is 5.25. The van der Waals surface area contributed by atoms with E-state index < -0.39 is 0 Å². The molecule has 0 aliphatic carbocycles. The normalized spacial score (nSPS) is 21.1. The average Bonchev–Trinajstić information content (AvgIpc) is 2.79. The highest BCUT2D eigenvalue weighted by Gasteiger charge is 2.37. The molecule has 0 aromatic heterocycles.